The third kappa shape index (κ3) is 5.27. The second-order valence-corrected chi connectivity index (χ2v) is 15.6. The lowest BCUT2D eigenvalue weighted by molar-refractivity contribution is -0.176. The topological polar surface area (TPSA) is 84.2 Å². The number of fused-ring (bicyclic) bond motifs is 3. The zero-order valence-corrected chi connectivity index (χ0v) is 26.4. The van der Waals surface area contributed by atoms with Crippen molar-refractivity contribution in [3.63, 3.8) is 0 Å². The standard InChI is InChI=1S/C34H53NO4/c1-11-13-29(2,3)15-16-31(6,28(38)39-10)17-18-32(7)21-24(36)19-26-33(8)20-23(22-35)27(37)30(4,5)25(33)12-14-34(26,32)9/h20,25-26H,11-19,21H2,1-10H3/t25-,26+,31-,32+,33-,34+/m0/s1. The molecule has 0 heterocycles. The highest BCUT2D eigenvalue weighted by atomic mass is 16.5. The minimum Gasteiger partial charge on any atom is -0.469 e. The molecule has 218 valence electrons. The number of hydrogen-bond acceptors (Lipinski definition) is 5. The van der Waals surface area contributed by atoms with E-state index >= 15 is 0 Å². The number of hydrogen-bond donors (Lipinski definition) is 0. The van der Waals surface area contributed by atoms with Crippen molar-refractivity contribution in [2.45, 2.75) is 127 Å². The first kappa shape index (κ1) is 31.6. The number of carbonyl (C=O) groups excluding carboxylic acids is 3. The van der Waals surface area contributed by atoms with Crippen molar-refractivity contribution < 1.29 is 19.1 Å². The zero-order chi connectivity index (χ0) is 29.7. The minimum atomic E-state index is -0.637. The Bertz CT molecular complexity index is 1080. The van der Waals surface area contributed by atoms with E-state index in [0.29, 0.717) is 19.3 Å². The Labute approximate surface area is 237 Å². The van der Waals surface area contributed by atoms with E-state index < -0.39 is 16.2 Å². The lowest BCUT2D eigenvalue weighted by atomic mass is 9.37. The zero-order valence-electron chi connectivity index (χ0n) is 26.4. The molecule has 0 N–H and O–H groups in total. The fraction of sp³-hybridized carbons (Fsp3) is 0.824. The monoisotopic (exact) mass is 539 g/mol. The van der Waals surface area contributed by atoms with Crippen molar-refractivity contribution in [3.8, 4) is 6.07 Å². The van der Waals surface area contributed by atoms with Gasteiger partial charge in [-0.15, -0.1) is 0 Å². The highest BCUT2D eigenvalue weighted by Gasteiger charge is 2.66. The summed E-state index contributed by atoms with van der Waals surface area (Å²) in [5.74, 6) is 0.155. The van der Waals surface area contributed by atoms with Crippen LogP contribution in [-0.4, -0.2) is 24.6 Å². The van der Waals surface area contributed by atoms with Crippen molar-refractivity contribution in [2.75, 3.05) is 7.11 Å². The molecule has 5 nitrogen and oxygen atoms in total. The maximum atomic E-state index is 13.5. The maximum absolute atomic E-state index is 13.5. The van der Waals surface area contributed by atoms with Gasteiger partial charge in [0.15, 0.2) is 5.78 Å². The highest BCUT2D eigenvalue weighted by Crippen LogP contribution is 2.70. The number of Topliss-reactive ketones (excluding diaryl/α,β-unsaturated/α-hetero) is 2. The average Bonchev–Trinajstić information content (AvgIpc) is 2.85. The fourth-order valence-corrected chi connectivity index (χ4v) is 9.18. The van der Waals surface area contributed by atoms with E-state index in [1.807, 2.05) is 26.8 Å². The van der Waals surface area contributed by atoms with E-state index in [4.69, 9.17) is 4.74 Å². The molecular formula is C34H53NO4. The van der Waals surface area contributed by atoms with Gasteiger partial charge in [-0.2, -0.15) is 5.26 Å². The lowest BCUT2D eigenvalue weighted by Crippen LogP contribution is -2.62. The van der Waals surface area contributed by atoms with Gasteiger partial charge in [0.1, 0.15) is 11.9 Å². The first-order valence-electron chi connectivity index (χ1n) is 15.1. The molecular weight excluding hydrogens is 486 g/mol. The minimum absolute atomic E-state index is 0.0404. The lowest BCUT2D eigenvalue weighted by Gasteiger charge is -2.66. The van der Waals surface area contributed by atoms with Crippen LogP contribution in [0.5, 0.6) is 0 Å². The Kier molecular flexibility index (Phi) is 8.47. The van der Waals surface area contributed by atoms with Gasteiger partial charge in [-0.25, -0.2) is 0 Å². The summed E-state index contributed by atoms with van der Waals surface area (Å²) in [7, 11) is 1.48. The van der Waals surface area contributed by atoms with E-state index in [0.717, 1.165) is 44.9 Å². The molecule has 0 spiro atoms. The van der Waals surface area contributed by atoms with Crippen molar-refractivity contribution in [3.05, 3.63) is 11.6 Å². The van der Waals surface area contributed by atoms with Crippen LogP contribution in [0.1, 0.15) is 127 Å². The third-order valence-electron chi connectivity index (χ3n) is 12.1. The molecule has 6 atom stereocenters. The molecule has 0 radical (unpaired) electrons. The molecule has 3 aliphatic carbocycles. The van der Waals surface area contributed by atoms with Crippen LogP contribution in [0.2, 0.25) is 0 Å². The molecule has 0 aromatic heterocycles. The van der Waals surface area contributed by atoms with Crippen LogP contribution in [0.15, 0.2) is 11.6 Å². The van der Waals surface area contributed by atoms with Crippen molar-refractivity contribution >= 4 is 17.5 Å². The summed E-state index contributed by atoms with van der Waals surface area (Å²) in [4.78, 5) is 39.8. The van der Waals surface area contributed by atoms with E-state index in [1.54, 1.807) is 0 Å². The molecule has 0 aromatic carbocycles. The van der Waals surface area contributed by atoms with Crippen LogP contribution in [-0.2, 0) is 19.1 Å². The second-order valence-electron chi connectivity index (χ2n) is 15.6. The summed E-state index contributed by atoms with van der Waals surface area (Å²) in [5.41, 5.74) is -1.70. The molecule has 3 aliphatic rings. The summed E-state index contributed by atoms with van der Waals surface area (Å²) in [5, 5.41) is 9.85. The molecule has 0 unspecified atom stereocenters. The summed E-state index contributed by atoms with van der Waals surface area (Å²) < 4.78 is 5.33. The number of ketones is 2. The van der Waals surface area contributed by atoms with Gasteiger partial charge in [0.25, 0.3) is 0 Å². The molecule has 5 heteroatoms. The number of nitriles is 1. The summed E-state index contributed by atoms with van der Waals surface area (Å²) in [6.07, 6.45) is 10.1. The first-order valence-corrected chi connectivity index (χ1v) is 15.1. The van der Waals surface area contributed by atoms with Gasteiger partial charge in [-0.1, -0.05) is 67.9 Å². The molecule has 3 rings (SSSR count). The van der Waals surface area contributed by atoms with Gasteiger partial charge in [0, 0.05) is 18.3 Å². The number of methoxy groups -OCH3 is 1. The average molecular weight is 540 g/mol. The van der Waals surface area contributed by atoms with Crippen molar-refractivity contribution in [1.29, 1.82) is 5.26 Å². The molecule has 0 saturated heterocycles. The van der Waals surface area contributed by atoms with Gasteiger partial charge in [0.05, 0.1) is 18.1 Å². The maximum Gasteiger partial charge on any atom is 0.311 e. The summed E-state index contributed by atoms with van der Waals surface area (Å²) in [6.45, 7) is 19.6. The molecule has 0 bridgehead atoms. The number of esters is 1. The van der Waals surface area contributed by atoms with E-state index in [-0.39, 0.29) is 51.2 Å². The number of ether oxygens (including phenoxy) is 1. The third-order valence-corrected chi connectivity index (χ3v) is 12.1. The first-order chi connectivity index (χ1) is 17.9. The van der Waals surface area contributed by atoms with E-state index in [9.17, 15) is 19.6 Å². The van der Waals surface area contributed by atoms with Crippen LogP contribution in [0.25, 0.3) is 0 Å². The largest absolute Gasteiger partial charge is 0.469 e. The quantitative estimate of drug-likeness (QED) is 0.277. The number of allylic oxidation sites excluding steroid dienone is 2. The Balaban J connectivity index is 1.98. The molecule has 0 aromatic rings. The predicted octanol–water partition coefficient (Wildman–Crippen LogP) is 8.02. The number of carbonyl (C=O) groups is 3. The van der Waals surface area contributed by atoms with E-state index in [2.05, 4.69) is 47.6 Å². The number of nitrogens with zero attached hydrogens (tertiary/aromatic N) is 1. The van der Waals surface area contributed by atoms with Crippen molar-refractivity contribution in [1.82, 2.24) is 0 Å². The molecule has 0 aliphatic heterocycles. The number of rotatable bonds is 9. The molecule has 0 amide bonds. The Morgan fingerprint density at radius 1 is 1.05 bits per heavy atom. The van der Waals surface area contributed by atoms with Gasteiger partial charge in [0.2, 0.25) is 0 Å². The van der Waals surface area contributed by atoms with Gasteiger partial charge in [-0.3, -0.25) is 14.4 Å². The van der Waals surface area contributed by atoms with Crippen LogP contribution in [0.4, 0.5) is 0 Å². The molecule has 2 saturated carbocycles. The smallest absolute Gasteiger partial charge is 0.311 e. The summed E-state index contributed by atoms with van der Waals surface area (Å²) >= 11 is 0. The Morgan fingerprint density at radius 3 is 2.26 bits per heavy atom. The van der Waals surface area contributed by atoms with Gasteiger partial charge in [-0.05, 0) is 85.4 Å². The van der Waals surface area contributed by atoms with Gasteiger partial charge >= 0.3 is 5.97 Å². The van der Waals surface area contributed by atoms with Crippen LogP contribution in [0, 0.1) is 55.7 Å². The van der Waals surface area contributed by atoms with E-state index in [1.165, 1.54) is 7.11 Å². The SMILES string of the molecule is CCCC(C)(C)CC[C@@](C)(CC[C@]1(C)CC(=O)C[C@@H]2[C@@]3(C)C=C(C#N)C(=O)C(C)(C)[C@@H]3CC[C@]21C)C(=O)OC. The Morgan fingerprint density at radius 2 is 1.69 bits per heavy atom. The normalized spacial score (nSPS) is 35.7. The van der Waals surface area contributed by atoms with Crippen LogP contribution < -0.4 is 0 Å². The Hall–Kier alpha value is -1.96. The predicted molar refractivity (Wildman–Crippen MR) is 155 cm³/mol. The van der Waals surface area contributed by atoms with Gasteiger partial charge < -0.3 is 4.74 Å². The van der Waals surface area contributed by atoms with Crippen LogP contribution in [0.3, 0.4) is 0 Å². The summed E-state index contributed by atoms with van der Waals surface area (Å²) in [6, 6.07) is 2.18. The van der Waals surface area contributed by atoms with Crippen LogP contribution >= 0.6 is 0 Å². The van der Waals surface area contributed by atoms with Crippen molar-refractivity contribution in [2.24, 2.45) is 44.3 Å². The second kappa shape index (κ2) is 10.5. The molecule has 2 fully saturated rings. The highest BCUT2D eigenvalue weighted by molar-refractivity contribution is 6.04. The fourth-order valence-electron chi connectivity index (χ4n) is 9.18. The molecule has 39 heavy (non-hydrogen) atoms.